The van der Waals surface area contributed by atoms with E-state index in [9.17, 15) is 19.5 Å². The van der Waals surface area contributed by atoms with Gasteiger partial charge >= 0.3 is 5.97 Å². The van der Waals surface area contributed by atoms with Gasteiger partial charge in [-0.2, -0.15) is 4.68 Å². The molecule has 0 atom stereocenters. The van der Waals surface area contributed by atoms with Gasteiger partial charge in [0.05, 0.1) is 16.0 Å². The van der Waals surface area contributed by atoms with Gasteiger partial charge in [0, 0.05) is 11.1 Å². The van der Waals surface area contributed by atoms with E-state index < -0.39 is 16.6 Å². The maximum Gasteiger partial charge on any atom is 0.337 e. The number of carbonyl (C=O) groups is 3. The molecule has 1 saturated carbocycles. The number of rotatable bonds is 7. The van der Waals surface area contributed by atoms with Gasteiger partial charge in [0.2, 0.25) is 11.1 Å². The first-order chi connectivity index (χ1) is 13.9. The molecule has 146 valence electrons. The van der Waals surface area contributed by atoms with Crippen molar-refractivity contribution in [1.82, 2.24) is 20.2 Å². The Morgan fingerprint density at radius 2 is 1.69 bits per heavy atom. The molecule has 1 heterocycles. The smallest absolute Gasteiger partial charge is 0.337 e. The number of carboxylic acid groups (broad SMARTS) is 1. The maximum atomic E-state index is 13.1. The molecule has 1 fully saturated rings. The van der Waals surface area contributed by atoms with Crippen molar-refractivity contribution in [3.8, 4) is 5.69 Å². The number of ketones is 1. The molecule has 3 N–H and O–H groups in total. The van der Waals surface area contributed by atoms with Gasteiger partial charge in [-0.05, 0) is 47.5 Å². The average molecular weight is 409 g/mol. The zero-order chi connectivity index (χ0) is 20.6. The number of benzene rings is 2. The van der Waals surface area contributed by atoms with Crippen molar-refractivity contribution in [2.24, 2.45) is 5.73 Å². The lowest BCUT2D eigenvalue weighted by Crippen LogP contribution is -2.20. The summed E-state index contributed by atoms with van der Waals surface area (Å²) in [7, 11) is 0. The van der Waals surface area contributed by atoms with Gasteiger partial charge in [-0.15, -0.1) is 5.10 Å². The second-order valence-corrected chi connectivity index (χ2v) is 7.91. The van der Waals surface area contributed by atoms with Crippen LogP contribution in [-0.2, 0) is 0 Å². The van der Waals surface area contributed by atoms with Crippen molar-refractivity contribution < 1.29 is 19.5 Å². The Bertz CT molecular complexity index is 1120. The maximum absolute atomic E-state index is 13.1. The molecule has 3 aromatic rings. The molecule has 9 nitrogen and oxygen atoms in total. The second-order valence-electron chi connectivity index (χ2n) is 6.56. The molecule has 4 rings (SSSR count). The van der Waals surface area contributed by atoms with Crippen LogP contribution in [0.2, 0.25) is 0 Å². The van der Waals surface area contributed by atoms with Crippen LogP contribution in [0.1, 0.15) is 43.9 Å². The predicted molar refractivity (Wildman–Crippen MR) is 103 cm³/mol. The van der Waals surface area contributed by atoms with Crippen molar-refractivity contribution >= 4 is 29.4 Å². The van der Waals surface area contributed by atoms with E-state index >= 15 is 0 Å². The fourth-order valence-electron chi connectivity index (χ4n) is 2.95. The summed E-state index contributed by atoms with van der Waals surface area (Å²) in [6, 6.07) is 12.6. The number of para-hydroxylation sites is 1. The topological polar surface area (TPSA) is 141 Å². The molecular weight excluding hydrogens is 394 g/mol. The number of tetrazole rings is 1. The molecule has 2 aromatic carbocycles. The molecule has 1 amide bonds. The summed E-state index contributed by atoms with van der Waals surface area (Å²) in [5, 5.41) is 21.3. The van der Waals surface area contributed by atoms with Gasteiger partial charge in [0.15, 0.2) is 5.78 Å². The number of amides is 1. The Morgan fingerprint density at radius 3 is 2.31 bits per heavy atom. The molecule has 1 aliphatic rings. The largest absolute Gasteiger partial charge is 0.478 e. The van der Waals surface area contributed by atoms with Gasteiger partial charge in [0.1, 0.15) is 0 Å². The highest BCUT2D eigenvalue weighted by Crippen LogP contribution is 2.53. The van der Waals surface area contributed by atoms with Crippen LogP contribution in [0.4, 0.5) is 0 Å². The van der Waals surface area contributed by atoms with E-state index in [2.05, 4.69) is 15.5 Å². The fraction of sp³-hybridized carbons (Fsp3) is 0.158. The van der Waals surface area contributed by atoms with Crippen molar-refractivity contribution in [2.75, 3.05) is 0 Å². The van der Waals surface area contributed by atoms with E-state index in [1.54, 1.807) is 30.3 Å². The third-order valence-corrected chi connectivity index (χ3v) is 6.06. The number of aromatic carboxylic acids is 1. The van der Waals surface area contributed by atoms with Gasteiger partial charge < -0.3 is 10.8 Å². The lowest BCUT2D eigenvalue weighted by Gasteiger charge is -2.14. The number of primary amides is 1. The molecular formula is C19H15N5O4S. The predicted octanol–water partition coefficient (Wildman–Crippen LogP) is 1.97. The molecule has 10 heteroatoms. The Labute approximate surface area is 168 Å². The number of thioether (sulfide) groups is 1. The van der Waals surface area contributed by atoms with Gasteiger partial charge in [-0.1, -0.05) is 36.0 Å². The average Bonchev–Trinajstić information content (AvgIpc) is 3.36. The van der Waals surface area contributed by atoms with Crippen LogP contribution in [0.3, 0.4) is 0 Å². The number of nitrogens with zero attached hydrogens (tertiary/aromatic N) is 4. The van der Waals surface area contributed by atoms with E-state index in [0.29, 0.717) is 34.8 Å². The number of aromatic nitrogens is 4. The molecule has 0 unspecified atom stereocenters. The van der Waals surface area contributed by atoms with E-state index in [0.717, 1.165) is 0 Å². The number of nitrogens with two attached hydrogens (primary N) is 1. The van der Waals surface area contributed by atoms with E-state index in [1.165, 1.54) is 34.6 Å². The second kappa shape index (κ2) is 7.13. The highest BCUT2D eigenvalue weighted by atomic mass is 32.2. The lowest BCUT2D eigenvalue weighted by molar-refractivity contribution is 0.0696. The van der Waals surface area contributed by atoms with Gasteiger partial charge in [-0.3, -0.25) is 9.59 Å². The summed E-state index contributed by atoms with van der Waals surface area (Å²) >= 11 is 1.21. The molecule has 0 spiro atoms. The Balaban J connectivity index is 1.62. The summed E-state index contributed by atoms with van der Waals surface area (Å²) in [5.74, 6) is -1.76. The Morgan fingerprint density at radius 1 is 1.03 bits per heavy atom. The zero-order valence-electron chi connectivity index (χ0n) is 15.0. The highest BCUT2D eigenvalue weighted by Gasteiger charge is 2.52. The van der Waals surface area contributed by atoms with Crippen LogP contribution < -0.4 is 5.73 Å². The molecule has 0 radical (unpaired) electrons. The molecule has 1 aromatic heterocycles. The first-order valence-corrected chi connectivity index (χ1v) is 9.48. The van der Waals surface area contributed by atoms with Gasteiger partial charge in [-0.25, -0.2) is 4.79 Å². The monoisotopic (exact) mass is 409 g/mol. The van der Waals surface area contributed by atoms with E-state index in [-0.39, 0.29) is 11.3 Å². The lowest BCUT2D eigenvalue weighted by atomic mass is 10.0. The molecule has 0 saturated heterocycles. The Kier molecular flexibility index (Phi) is 4.63. The summed E-state index contributed by atoms with van der Waals surface area (Å²) in [6.07, 6.45) is 1.28. The minimum atomic E-state index is -1.10. The van der Waals surface area contributed by atoms with Crippen LogP contribution in [-0.4, -0.2) is 47.7 Å². The molecule has 0 bridgehead atoms. The summed E-state index contributed by atoms with van der Waals surface area (Å²) in [4.78, 5) is 35.8. The third kappa shape index (κ3) is 3.49. The zero-order valence-corrected chi connectivity index (χ0v) is 15.8. The number of hydrogen-bond acceptors (Lipinski definition) is 7. The van der Waals surface area contributed by atoms with E-state index in [4.69, 9.17) is 5.73 Å². The van der Waals surface area contributed by atoms with Crippen LogP contribution in [0.25, 0.3) is 5.69 Å². The molecule has 29 heavy (non-hydrogen) atoms. The summed E-state index contributed by atoms with van der Waals surface area (Å²) < 4.78 is 0.608. The first-order valence-electron chi connectivity index (χ1n) is 8.66. The minimum Gasteiger partial charge on any atom is -0.478 e. The van der Waals surface area contributed by atoms with E-state index in [1.807, 2.05) is 0 Å². The number of hydrogen-bond donors (Lipinski definition) is 2. The molecule has 0 aliphatic heterocycles. The first kappa shape index (κ1) is 18.8. The number of carbonyl (C=O) groups excluding carboxylic acids is 2. The summed E-state index contributed by atoms with van der Waals surface area (Å²) in [5.41, 5.74) is 6.41. The number of carboxylic acids is 1. The SMILES string of the molecule is NC(=O)c1ccc(C(=O)C2(Sc3nnnn3-c3ccccc3C(=O)O)CC2)cc1. The Hall–Kier alpha value is -3.53. The van der Waals surface area contributed by atoms with Crippen molar-refractivity contribution in [3.63, 3.8) is 0 Å². The third-order valence-electron chi connectivity index (χ3n) is 4.64. The van der Waals surface area contributed by atoms with Gasteiger partial charge in [0.25, 0.3) is 0 Å². The minimum absolute atomic E-state index is 0.0554. The fourth-order valence-corrected chi connectivity index (χ4v) is 4.11. The van der Waals surface area contributed by atoms with Crippen molar-refractivity contribution in [1.29, 1.82) is 0 Å². The van der Waals surface area contributed by atoms with Crippen LogP contribution in [0.5, 0.6) is 0 Å². The van der Waals surface area contributed by atoms with Crippen molar-refractivity contribution in [3.05, 3.63) is 65.2 Å². The summed E-state index contributed by atoms with van der Waals surface area (Å²) in [6.45, 7) is 0. The highest BCUT2D eigenvalue weighted by molar-refractivity contribution is 8.01. The number of Topliss-reactive ketones (excluding diaryl/α,β-unsaturated/α-hetero) is 1. The normalized spacial score (nSPS) is 14.3. The van der Waals surface area contributed by atoms with Crippen LogP contribution >= 0.6 is 11.8 Å². The van der Waals surface area contributed by atoms with Crippen LogP contribution in [0.15, 0.2) is 53.7 Å². The quantitative estimate of drug-likeness (QED) is 0.564. The van der Waals surface area contributed by atoms with Crippen molar-refractivity contribution in [2.45, 2.75) is 22.7 Å². The molecule has 1 aliphatic carbocycles. The van der Waals surface area contributed by atoms with Crippen LogP contribution in [0, 0.1) is 0 Å². The standard InChI is InChI=1S/C19H15N5O4S/c20-16(26)12-7-5-11(6-8-12)15(25)19(9-10-19)29-18-21-22-23-24(18)14-4-2-1-3-13(14)17(27)28/h1-8H,9-10H2,(H2,20,26)(H,27,28).